The molecular formula is C8H8O3. The van der Waals surface area contributed by atoms with Crippen molar-refractivity contribution in [1.82, 2.24) is 0 Å². The van der Waals surface area contributed by atoms with Gasteiger partial charge in [-0.1, -0.05) is 6.08 Å². The lowest BCUT2D eigenvalue weighted by Gasteiger charge is -2.15. The van der Waals surface area contributed by atoms with Gasteiger partial charge in [-0.15, -0.1) is 0 Å². The van der Waals surface area contributed by atoms with Gasteiger partial charge in [0, 0.05) is 5.92 Å². The molecule has 2 atom stereocenters. The molecule has 2 rings (SSSR count). The standard InChI is InChI=1S/C8H8O3/c9-6-3-1-2-5-4-7(10)11-8(5)6/h1,3,5,8H,2,4H2/t5-,8-/m0/s1. The van der Waals surface area contributed by atoms with Gasteiger partial charge in [0.1, 0.15) is 0 Å². The molecule has 0 N–H and O–H groups in total. The van der Waals surface area contributed by atoms with E-state index in [2.05, 4.69) is 0 Å². The van der Waals surface area contributed by atoms with Crippen LogP contribution >= 0.6 is 0 Å². The smallest absolute Gasteiger partial charge is 0.306 e. The maximum Gasteiger partial charge on any atom is 0.306 e. The van der Waals surface area contributed by atoms with Crippen LogP contribution in [0, 0.1) is 5.92 Å². The number of carbonyl (C=O) groups is 2. The number of hydrogen-bond acceptors (Lipinski definition) is 3. The molecule has 0 radical (unpaired) electrons. The summed E-state index contributed by atoms with van der Waals surface area (Å²) >= 11 is 0. The van der Waals surface area contributed by atoms with Crippen molar-refractivity contribution in [3.8, 4) is 0 Å². The topological polar surface area (TPSA) is 43.4 Å². The summed E-state index contributed by atoms with van der Waals surface area (Å²) in [5.74, 6) is -0.191. The molecule has 2 aliphatic rings. The maximum absolute atomic E-state index is 11.1. The van der Waals surface area contributed by atoms with Crippen LogP contribution in [0.15, 0.2) is 12.2 Å². The van der Waals surface area contributed by atoms with Crippen molar-refractivity contribution < 1.29 is 14.3 Å². The second-order valence-electron chi connectivity index (χ2n) is 2.92. The average molecular weight is 152 g/mol. The fraction of sp³-hybridized carbons (Fsp3) is 0.500. The zero-order valence-electron chi connectivity index (χ0n) is 5.95. The normalized spacial score (nSPS) is 35.3. The van der Waals surface area contributed by atoms with E-state index in [0.29, 0.717) is 6.42 Å². The van der Waals surface area contributed by atoms with Crippen LogP contribution in [-0.4, -0.2) is 17.9 Å². The van der Waals surface area contributed by atoms with E-state index < -0.39 is 6.10 Å². The van der Waals surface area contributed by atoms with Gasteiger partial charge >= 0.3 is 5.97 Å². The van der Waals surface area contributed by atoms with Crippen molar-refractivity contribution in [2.24, 2.45) is 5.92 Å². The molecule has 1 fully saturated rings. The number of carbonyl (C=O) groups excluding carboxylic acids is 2. The fourth-order valence-electron chi connectivity index (χ4n) is 1.56. The van der Waals surface area contributed by atoms with Crippen molar-refractivity contribution in [1.29, 1.82) is 0 Å². The first-order valence-electron chi connectivity index (χ1n) is 3.67. The number of rotatable bonds is 0. The Balaban J connectivity index is 2.23. The molecule has 1 saturated heterocycles. The van der Waals surface area contributed by atoms with Crippen molar-refractivity contribution in [2.75, 3.05) is 0 Å². The minimum atomic E-state index is -0.465. The monoisotopic (exact) mass is 152 g/mol. The van der Waals surface area contributed by atoms with E-state index in [1.807, 2.05) is 6.08 Å². The number of ether oxygens (including phenoxy) is 1. The highest BCUT2D eigenvalue weighted by Crippen LogP contribution is 2.29. The Morgan fingerprint density at radius 2 is 2.27 bits per heavy atom. The Labute approximate surface area is 64.0 Å². The number of allylic oxidation sites excluding steroid dienone is 1. The zero-order chi connectivity index (χ0) is 7.84. The maximum atomic E-state index is 11.1. The van der Waals surface area contributed by atoms with Crippen molar-refractivity contribution in [3.05, 3.63) is 12.2 Å². The molecule has 3 heteroatoms. The first-order chi connectivity index (χ1) is 5.27. The number of ketones is 1. The highest BCUT2D eigenvalue weighted by atomic mass is 16.6. The highest BCUT2D eigenvalue weighted by molar-refractivity contribution is 5.97. The van der Waals surface area contributed by atoms with Crippen LogP contribution in [0.1, 0.15) is 12.8 Å². The van der Waals surface area contributed by atoms with Gasteiger partial charge < -0.3 is 4.74 Å². The lowest BCUT2D eigenvalue weighted by molar-refractivity contribution is -0.146. The molecule has 3 nitrogen and oxygen atoms in total. The quantitative estimate of drug-likeness (QED) is 0.473. The van der Waals surface area contributed by atoms with Gasteiger partial charge in [0.15, 0.2) is 11.9 Å². The third kappa shape index (κ3) is 0.964. The second-order valence-corrected chi connectivity index (χ2v) is 2.92. The minimum absolute atomic E-state index is 0.0629. The minimum Gasteiger partial charge on any atom is -0.454 e. The average Bonchev–Trinajstić information content (AvgIpc) is 2.31. The first kappa shape index (κ1) is 6.58. The van der Waals surface area contributed by atoms with Gasteiger partial charge in [0.05, 0.1) is 6.42 Å². The summed E-state index contributed by atoms with van der Waals surface area (Å²) in [7, 11) is 0. The van der Waals surface area contributed by atoms with Gasteiger partial charge in [0.25, 0.3) is 0 Å². The van der Waals surface area contributed by atoms with E-state index in [-0.39, 0.29) is 17.7 Å². The Kier molecular flexibility index (Phi) is 1.31. The number of hydrogen-bond donors (Lipinski definition) is 0. The van der Waals surface area contributed by atoms with Crippen LogP contribution in [0.25, 0.3) is 0 Å². The summed E-state index contributed by atoms with van der Waals surface area (Å²) in [6, 6.07) is 0. The van der Waals surface area contributed by atoms with Gasteiger partial charge in [-0.2, -0.15) is 0 Å². The molecule has 1 aliphatic carbocycles. The highest BCUT2D eigenvalue weighted by Gasteiger charge is 2.39. The van der Waals surface area contributed by atoms with Gasteiger partial charge in [-0.05, 0) is 12.5 Å². The number of esters is 1. The van der Waals surface area contributed by atoms with Crippen LogP contribution in [-0.2, 0) is 14.3 Å². The predicted octanol–water partition coefficient (Wildman–Crippen LogP) is 0.447. The molecule has 0 aromatic rings. The van der Waals surface area contributed by atoms with Crippen LogP contribution in [0.5, 0.6) is 0 Å². The molecule has 1 aliphatic heterocycles. The van der Waals surface area contributed by atoms with Gasteiger partial charge in [-0.25, -0.2) is 0 Å². The summed E-state index contributed by atoms with van der Waals surface area (Å²) in [4.78, 5) is 21.8. The third-order valence-corrected chi connectivity index (χ3v) is 2.12. The van der Waals surface area contributed by atoms with E-state index in [4.69, 9.17) is 4.74 Å². The molecular weight excluding hydrogens is 144 g/mol. The Morgan fingerprint density at radius 3 is 3.00 bits per heavy atom. The predicted molar refractivity (Wildman–Crippen MR) is 36.8 cm³/mol. The Hall–Kier alpha value is -1.12. The van der Waals surface area contributed by atoms with Crippen molar-refractivity contribution in [2.45, 2.75) is 18.9 Å². The largest absolute Gasteiger partial charge is 0.454 e. The van der Waals surface area contributed by atoms with Crippen LogP contribution in [0.4, 0.5) is 0 Å². The molecule has 0 spiro atoms. The summed E-state index contributed by atoms with van der Waals surface area (Å²) in [5.41, 5.74) is 0. The van der Waals surface area contributed by atoms with Crippen LogP contribution in [0.2, 0.25) is 0 Å². The molecule has 1 heterocycles. The van der Waals surface area contributed by atoms with Crippen LogP contribution < -0.4 is 0 Å². The van der Waals surface area contributed by atoms with E-state index in [9.17, 15) is 9.59 Å². The molecule has 11 heavy (non-hydrogen) atoms. The summed E-state index contributed by atoms with van der Waals surface area (Å²) < 4.78 is 4.84. The van der Waals surface area contributed by atoms with E-state index in [0.717, 1.165) is 6.42 Å². The third-order valence-electron chi connectivity index (χ3n) is 2.12. The van der Waals surface area contributed by atoms with Crippen molar-refractivity contribution in [3.63, 3.8) is 0 Å². The molecule has 58 valence electrons. The Bertz CT molecular complexity index is 242. The second kappa shape index (κ2) is 2.19. The van der Waals surface area contributed by atoms with E-state index in [1.54, 1.807) is 0 Å². The van der Waals surface area contributed by atoms with Gasteiger partial charge in [0.2, 0.25) is 0 Å². The molecule has 0 saturated carbocycles. The summed E-state index contributed by atoms with van der Waals surface area (Å²) in [6.45, 7) is 0. The Morgan fingerprint density at radius 1 is 1.45 bits per heavy atom. The molecule has 0 amide bonds. The summed E-state index contributed by atoms with van der Waals surface area (Å²) in [6.07, 6.45) is 4.04. The molecule has 0 bridgehead atoms. The van der Waals surface area contributed by atoms with E-state index in [1.165, 1.54) is 6.08 Å². The fourth-order valence-corrected chi connectivity index (χ4v) is 1.56. The molecule has 0 unspecified atom stereocenters. The lowest BCUT2D eigenvalue weighted by Crippen LogP contribution is -2.27. The lowest BCUT2D eigenvalue weighted by atomic mass is 9.90. The zero-order valence-corrected chi connectivity index (χ0v) is 5.95. The molecule has 0 aromatic carbocycles. The molecule has 0 aromatic heterocycles. The number of fused-ring (bicyclic) bond motifs is 1. The van der Waals surface area contributed by atoms with Crippen molar-refractivity contribution >= 4 is 11.8 Å². The van der Waals surface area contributed by atoms with Crippen LogP contribution in [0.3, 0.4) is 0 Å². The summed E-state index contributed by atoms with van der Waals surface area (Å²) in [5, 5.41) is 0. The first-order valence-corrected chi connectivity index (χ1v) is 3.67. The van der Waals surface area contributed by atoms with E-state index >= 15 is 0 Å². The van der Waals surface area contributed by atoms with Gasteiger partial charge in [-0.3, -0.25) is 9.59 Å². The SMILES string of the molecule is O=C1C[C@@H]2CC=CC(=O)[C@H]2O1.